The van der Waals surface area contributed by atoms with E-state index in [-0.39, 0.29) is 22.8 Å². The Morgan fingerprint density at radius 1 is 1.02 bits per heavy atom. The summed E-state index contributed by atoms with van der Waals surface area (Å²) in [6.07, 6.45) is 6.66. The monoisotopic (exact) mass is 663 g/mol. The number of nitrogens with zero attached hydrogens (tertiary/aromatic N) is 5. The van der Waals surface area contributed by atoms with Crippen LogP contribution >= 0.6 is 23.2 Å². The molecule has 2 aliphatic heterocycles. The van der Waals surface area contributed by atoms with Crippen LogP contribution in [0.5, 0.6) is 0 Å². The zero-order valence-electron chi connectivity index (χ0n) is 25.5. The lowest BCUT2D eigenvalue weighted by atomic mass is 9.98. The minimum Gasteiger partial charge on any atom is -0.373 e. The average molecular weight is 665 g/mol. The van der Waals surface area contributed by atoms with Gasteiger partial charge in [-0.1, -0.05) is 35.3 Å². The predicted octanol–water partition coefficient (Wildman–Crippen LogP) is 7.41. The molecule has 0 amide bonds. The van der Waals surface area contributed by atoms with Crippen molar-refractivity contribution < 1.29 is 8.78 Å². The second-order valence-electron chi connectivity index (χ2n) is 12.4. The molecule has 9 nitrogen and oxygen atoms in total. The molecule has 0 aliphatic carbocycles. The van der Waals surface area contributed by atoms with Crippen LogP contribution in [0, 0.1) is 23.1 Å². The quantitative estimate of drug-likeness (QED) is 0.150. The number of rotatable bonds is 7. The fourth-order valence-electron chi connectivity index (χ4n) is 5.86. The first kappa shape index (κ1) is 31.8. The van der Waals surface area contributed by atoms with Gasteiger partial charge in [-0.2, -0.15) is 9.65 Å². The molecule has 13 heteroatoms. The van der Waals surface area contributed by atoms with Crippen LogP contribution < -0.4 is 21.6 Å². The second-order valence-corrected chi connectivity index (χ2v) is 13.2. The molecule has 2 aliphatic rings. The zero-order chi connectivity index (χ0) is 32.6. The Bertz CT molecular complexity index is 1830. The summed E-state index contributed by atoms with van der Waals surface area (Å²) >= 11 is 13.0. The molecule has 4 N–H and O–H groups in total. The number of fused-ring (bicyclic) bond motifs is 1. The molecule has 0 spiro atoms. The van der Waals surface area contributed by atoms with Gasteiger partial charge in [-0.15, -0.1) is 5.53 Å². The summed E-state index contributed by atoms with van der Waals surface area (Å²) in [6, 6.07) is 14.2. The highest BCUT2D eigenvalue weighted by Crippen LogP contribution is 2.37. The van der Waals surface area contributed by atoms with Crippen molar-refractivity contribution in [1.29, 1.82) is 5.26 Å². The molecule has 238 valence electrons. The SMILES string of the molecule is CC(C)(C)N1CCC(N2C=C([C@@H](Nc3cc(Cl)c4ncc(C#N)c(Nc5cnc(F)c(F)c5)c4c3)c3ccc(Cl)cc3)NN2)CC1. The molecule has 1 saturated heterocycles. The number of hydrogen-bond acceptors (Lipinski definition) is 9. The van der Waals surface area contributed by atoms with E-state index in [1.165, 1.54) is 6.20 Å². The van der Waals surface area contributed by atoms with E-state index in [4.69, 9.17) is 23.2 Å². The molecular formula is C33H33Cl2F2N9. The highest BCUT2D eigenvalue weighted by atomic mass is 35.5. The number of nitrogens with one attached hydrogen (secondary N) is 4. The summed E-state index contributed by atoms with van der Waals surface area (Å²) in [5.41, 5.74) is 10.4. The highest BCUT2D eigenvalue weighted by Gasteiger charge is 2.32. The van der Waals surface area contributed by atoms with Gasteiger partial charge < -0.3 is 16.1 Å². The van der Waals surface area contributed by atoms with Crippen LogP contribution in [0.1, 0.15) is 50.8 Å². The smallest absolute Gasteiger partial charge is 0.249 e. The van der Waals surface area contributed by atoms with E-state index < -0.39 is 11.8 Å². The lowest BCUT2D eigenvalue weighted by Gasteiger charge is -2.42. The number of nitriles is 1. The van der Waals surface area contributed by atoms with Crippen LogP contribution in [0.3, 0.4) is 0 Å². The Balaban J connectivity index is 1.34. The van der Waals surface area contributed by atoms with E-state index in [1.807, 2.05) is 30.3 Å². The van der Waals surface area contributed by atoms with Gasteiger partial charge in [0.25, 0.3) is 0 Å². The van der Waals surface area contributed by atoms with Gasteiger partial charge in [0, 0.05) is 59.2 Å². The van der Waals surface area contributed by atoms with Gasteiger partial charge in [-0.25, -0.2) is 9.37 Å². The molecule has 2 aromatic carbocycles. The maximum Gasteiger partial charge on any atom is 0.249 e. The van der Waals surface area contributed by atoms with E-state index in [2.05, 4.69) is 74.5 Å². The van der Waals surface area contributed by atoms with E-state index in [1.54, 1.807) is 6.07 Å². The number of pyridine rings is 2. The summed E-state index contributed by atoms with van der Waals surface area (Å²) in [5, 5.41) is 20.1. The molecule has 1 atom stereocenters. The molecular weight excluding hydrogens is 631 g/mol. The van der Waals surface area contributed by atoms with Crippen LogP contribution in [0.15, 0.2) is 66.8 Å². The number of anilines is 3. The maximum atomic E-state index is 14.0. The molecule has 0 saturated carbocycles. The van der Waals surface area contributed by atoms with Crippen LogP contribution in [-0.4, -0.2) is 44.5 Å². The third kappa shape index (κ3) is 6.66. The predicted molar refractivity (Wildman–Crippen MR) is 177 cm³/mol. The number of halogens is 4. The van der Waals surface area contributed by atoms with Crippen LogP contribution in [0.4, 0.5) is 25.8 Å². The molecule has 6 rings (SSSR count). The first-order valence-corrected chi connectivity index (χ1v) is 15.6. The zero-order valence-corrected chi connectivity index (χ0v) is 27.0. The Morgan fingerprint density at radius 3 is 2.43 bits per heavy atom. The summed E-state index contributed by atoms with van der Waals surface area (Å²) in [5.74, 6) is -2.33. The first-order chi connectivity index (χ1) is 22.0. The van der Waals surface area contributed by atoms with Gasteiger partial charge in [-0.3, -0.25) is 14.9 Å². The van der Waals surface area contributed by atoms with Gasteiger partial charge in [0.2, 0.25) is 5.95 Å². The highest BCUT2D eigenvalue weighted by molar-refractivity contribution is 6.36. The second kappa shape index (κ2) is 12.9. The fourth-order valence-corrected chi connectivity index (χ4v) is 6.25. The minimum absolute atomic E-state index is 0.137. The normalized spacial score (nSPS) is 16.6. The molecule has 0 bridgehead atoms. The van der Waals surface area contributed by atoms with Gasteiger partial charge >= 0.3 is 0 Å². The Kier molecular flexibility index (Phi) is 8.90. The number of likely N-dealkylation sites (tertiary alicyclic amines) is 1. The lowest BCUT2D eigenvalue weighted by Crippen LogP contribution is -2.52. The molecule has 0 radical (unpaired) electrons. The van der Waals surface area contributed by atoms with Crippen LogP contribution in [0.25, 0.3) is 10.9 Å². The van der Waals surface area contributed by atoms with Gasteiger partial charge in [-0.05, 0) is 63.4 Å². The number of hydrazine groups is 2. The van der Waals surface area contributed by atoms with Crippen LogP contribution in [0.2, 0.25) is 10.0 Å². The van der Waals surface area contributed by atoms with Crippen molar-refractivity contribution in [2.45, 2.75) is 51.2 Å². The minimum atomic E-state index is -1.22. The van der Waals surface area contributed by atoms with E-state index >= 15 is 0 Å². The summed E-state index contributed by atoms with van der Waals surface area (Å²) < 4.78 is 27.5. The number of aromatic nitrogens is 2. The third-order valence-corrected chi connectivity index (χ3v) is 8.89. The van der Waals surface area contributed by atoms with Crippen molar-refractivity contribution in [2.75, 3.05) is 23.7 Å². The topological polar surface area (TPSA) is 104 Å². The molecule has 0 unspecified atom stereocenters. The fraction of sp³-hybridized carbons (Fsp3) is 0.303. The molecule has 1 fully saturated rings. The van der Waals surface area contributed by atoms with Crippen molar-refractivity contribution in [2.24, 2.45) is 0 Å². The number of piperidine rings is 1. The number of benzene rings is 2. The van der Waals surface area contributed by atoms with Gasteiger partial charge in [0.05, 0.1) is 45.4 Å². The van der Waals surface area contributed by atoms with Gasteiger partial charge in [0.15, 0.2) is 5.82 Å². The lowest BCUT2D eigenvalue weighted by molar-refractivity contribution is 0.0570. The Hall–Kier alpha value is -4.21. The first-order valence-electron chi connectivity index (χ1n) is 14.9. The average Bonchev–Trinajstić information content (AvgIpc) is 3.52. The molecule has 4 heterocycles. The standard InChI is InChI=1S/C33H33Cl2F2N9/c1-33(2,3)45-10-8-24(9-11-45)46-18-28(43-44-46)30(19-4-6-21(34)7-5-19)41-22-12-25-29(42-23-14-27(36)32(37)40-17-23)20(15-38)16-39-31(25)26(35)13-22/h4-7,12-14,16-18,24,30,41,43-44H,8-11H2,1-3H3,(H,39,42)/t30-/m0/s1. The van der Waals surface area contributed by atoms with E-state index in [0.29, 0.717) is 38.4 Å². The summed E-state index contributed by atoms with van der Waals surface area (Å²) in [6.45, 7) is 8.77. The van der Waals surface area contributed by atoms with Crippen molar-refractivity contribution in [3.63, 3.8) is 0 Å². The van der Waals surface area contributed by atoms with Crippen molar-refractivity contribution >= 4 is 51.2 Å². The van der Waals surface area contributed by atoms with Crippen molar-refractivity contribution in [1.82, 2.24) is 30.8 Å². The van der Waals surface area contributed by atoms with E-state index in [9.17, 15) is 14.0 Å². The van der Waals surface area contributed by atoms with Crippen LogP contribution in [-0.2, 0) is 0 Å². The number of hydrogen-bond donors (Lipinski definition) is 4. The maximum absolute atomic E-state index is 14.0. The third-order valence-electron chi connectivity index (χ3n) is 8.35. The Morgan fingerprint density at radius 2 is 1.76 bits per heavy atom. The molecule has 2 aromatic heterocycles. The summed E-state index contributed by atoms with van der Waals surface area (Å²) in [4.78, 5) is 10.4. The largest absolute Gasteiger partial charge is 0.373 e. The summed E-state index contributed by atoms with van der Waals surface area (Å²) in [7, 11) is 0. The van der Waals surface area contributed by atoms with Crippen molar-refractivity contribution in [3.8, 4) is 6.07 Å². The van der Waals surface area contributed by atoms with E-state index in [0.717, 1.165) is 49.5 Å². The Labute approximate surface area is 276 Å². The molecule has 46 heavy (non-hydrogen) atoms. The molecule has 4 aromatic rings. The van der Waals surface area contributed by atoms with Gasteiger partial charge in [0.1, 0.15) is 6.07 Å². The van der Waals surface area contributed by atoms with Crippen molar-refractivity contribution in [3.05, 3.63) is 99.7 Å².